The molecule has 0 saturated heterocycles. The molecule has 12 heavy (non-hydrogen) atoms. The summed E-state index contributed by atoms with van der Waals surface area (Å²) in [6.45, 7) is 1.93. The van der Waals surface area contributed by atoms with Crippen molar-refractivity contribution in [1.82, 2.24) is 0 Å². The molecule has 1 nitrogen and oxygen atoms in total. The molecule has 1 aromatic rings. The first kappa shape index (κ1) is 10.5. The summed E-state index contributed by atoms with van der Waals surface area (Å²) in [5, 5.41) is 0. The lowest BCUT2D eigenvalue weighted by Crippen LogP contribution is -1.86. The molecule has 0 aliphatic heterocycles. The topological polar surface area (TPSA) is 17.1 Å². The second-order valence-corrected chi connectivity index (χ2v) is 13.5. The van der Waals surface area contributed by atoms with Crippen LogP contribution in [0.4, 0.5) is 0 Å². The lowest BCUT2D eigenvalue weighted by molar-refractivity contribution is 0.589. The minimum atomic E-state index is -2.35. The van der Waals surface area contributed by atoms with Crippen LogP contribution in [0.3, 0.4) is 0 Å². The Morgan fingerprint density at radius 1 is 1.25 bits per heavy atom. The van der Waals surface area contributed by atoms with Crippen molar-refractivity contribution in [3.05, 3.63) is 35.9 Å². The van der Waals surface area contributed by atoms with Crippen LogP contribution in [0.2, 0.25) is 0 Å². The van der Waals surface area contributed by atoms with E-state index in [1.807, 2.05) is 37.3 Å². The third-order valence-corrected chi connectivity index (χ3v) is 6.62. The molecule has 4 heteroatoms. The fourth-order valence-electron chi connectivity index (χ4n) is 0.905. The molecule has 1 unspecified atom stereocenters. The van der Waals surface area contributed by atoms with Gasteiger partial charge in [0.15, 0.2) is 0 Å². The highest BCUT2D eigenvalue weighted by atomic mass is 79.9. The van der Waals surface area contributed by atoms with Crippen molar-refractivity contribution >= 4 is 35.5 Å². The van der Waals surface area contributed by atoms with Crippen LogP contribution in [-0.2, 0) is 4.57 Å². The summed E-state index contributed by atoms with van der Waals surface area (Å²) in [6.07, 6.45) is 0. The van der Waals surface area contributed by atoms with Gasteiger partial charge in [-0.1, -0.05) is 30.3 Å². The Morgan fingerprint density at radius 3 is 2.17 bits per heavy atom. The monoisotopic (exact) mass is 310 g/mol. The summed E-state index contributed by atoms with van der Waals surface area (Å²) in [6, 6.07) is 9.78. The summed E-state index contributed by atoms with van der Waals surface area (Å²) in [5.74, 6) is 0. The zero-order valence-electron chi connectivity index (χ0n) is 6.58. The Morgan fingerprint density at radius 2 is 1.75 bits per heavy atom. The first-order valence-corrected chi connectivity index (χ1v) is 9.37. The molecule has 0 aliphatic rings. The Balaban J connectivity index is 2.94. The summed E-state index contributed by atoms with van der Waals surface area (Å²) < 4.78 is 9.19. The van der Waals surface area contributed by atoms with Crippen LogP contribution >= 0.6 is 35.5 Å². The third kappa shape index (κ3) is 2.72. The lowest BCUT2D eigenvalue weighted by Gasteiger charge is -2.12. The molecule has 1 atom stereocenters. The second kappa shape index (κ2) is 4.08. The molecular weight excluding hydrogens is 303 g/mol. The van der Waals surface area contributed by atoms with Gasteiger partial charge in [0, 0.05) is 0 Å². The first-order valence-electron chi connectivity index (χ1n) is 3.56. The number of rotatable bonds is 2. The van der Waals surface area contributed by atoms with Gasteiger partial charge >= 0.3 is 0 Å². The van der Waals surface area contributed by atoms with Crippen molar-refractivity contribution in [2.24, 2.45) is 0 Å². The highest BCUT2D eigenvalue weighted by Gasteiger charge is 2.23. The fraction of sp³-hybridized carbons (Fsp3) is 0.250. The van der Waals surface area contributed by atoms with E-state index in [1.165, 1.54) is 0 Å². The minimum Gasteiger partial charge on any atom is -0.299 e. The van der Waals surface area contributed by atoms with Crippen LogP contribution in [0, 0.1) is 0 Å². The van der Waals surface area contributed by atoms with Crippen LogP contribution in [-0.4, -0.2) is 0 Å². The van der Waals surface area contributed by atoms with Crippen molar-refractivity contribution in [1.29, 1.82) is 0 Å². The molecule has 0 aromatic heterocycles. The maximum Gasteiger partial charge on any atom is 0.214 e. The van der Waals surface area contributed by atoms with Crippen molar-refractivity contribution in [3.8, 4) is 0 Å². The van der Waals surface area contributed by atoms with Gasteiger partial charge < -0.3 is 0 Å². The van der Waals surface area contributed by atoms with Crippen LogP contribution in [0.5, 0.6) is 0 Å². The number of hydrogen-bond donors (Lipinski definition) is 0. The van der Waals surface area contributed by atoms with Gasteiger partial charge in [-0.25, -0.2) is 0 Å². The average Bonchev–Trinajstić information content (AvgIpc) is 2.03. The molecule has 0 bridgehead atoms. The standard InChI is InChI=1S/C8H9Br2OP/c1-7(12(9,10)11)8-5-3-2-4-6-8/h2-7H,1H3. The number of benzene rings is 1. The molecule has 66 valence electrons. The Labute approximate surface area is 88.4 Å². The molecule has 0 aliphatic carbocycles. The second-order valence-electron chi connectivity index (χ2n) is 2.59. The maximum absolute atomic E-state index is 11.5. The summed E-state index contributed by atoms with van der Waals surface area (Å²) >= 11 is 6.31. The van der Waals surface area contributed by atoms with Gasteiger partial charge in [-0.05, 0) is 43.5 Å². The van der Waals surface area contributed by atoms with E-state index in [-0.39, 0.29) is 5.66 Å². The van der Waals surface area contributed by atoms with Crippen LogP contribution in [0.15, 0.2) is 30.3 Å². The molecule has 0 heterocycles. The van der Waals surface area contributed by atoms with Crippen LogP contribution in [0.1, 0.15) is 18.1 Å². The largest absolute Gasteiger partial charge is 0.299 e. The first-order chi connectivity index (χ1) is 5.52. The van der Waals surface area contributed by atoms with Crippen LogP contribution in [0.25, 0.3) is 0 Å². The SMILES string of the molecule is CC(c1ccccc1)P(=O)(Br)Br. The predicted molar refractivity (Wildman–Crippen MR) is 60.3 cm³/mol. The Hall–Kier alpha value is 0.410. The zero-order valence-corrected chi connectivity index (χ0v) is 10.6. The molecule has 0 amide bonds. The predicted octanol–water partition coefficient (Wildman–Crippen LogP) is 4.73. The average molecular weight is 312 g/mol. The molecule has 1 rings (SSSR count). The van der Waals surface area contributed by atoms with Crippen molar-refractivity contribution in [3.63, 3.8) is 0 Å². The van der Waals surface area contributed by atoms with E-state index in [1.54, 1.807) is 0 Å². The molecule has 0 fully saturated rings. The molecule has 0 spiro atoms. The van der Waals surface area contributed by atoms with Crippen LogP contribution < -0.4 is 0 Å². The highest BCUT2D eigenvalue weighted by Crippen LogP contribution is 2.71. The van der Waals surface area contributed by atoms with E-state index >= 15 is 0 Å². The van der Waals surface area contributed by atoms with Gasteiger partial charge in [0.1, 0.15) is 0 Å². The third-order valence-electron chi connectivity index (χ3n) is 1.73. The minimum absolute atomic E-state index is 0.0127. The van der Waals surface area contributed by atoms with Crippen molar-refractivity contribution in [2.45, 2.75) is 12.6 Å². The highest BCUT2D eigenvalue weighted by molar-refractivity contribution is 9.70. The van der Waals surface area contributed by atoms with Gasteiger partial charge in [0.2, 0.25) is 4.55 Å². The smallest absolute Gasteiger partial charge is 0.214 e. The molecule has 0 N–H and O–H groups in total. The summed E-state index contributed by atoms with van der Waals surface area (Å²) in [7, 11) is 0. The normalized spacial score (nSPS) is 14.2. The van der Waals surface area contributed by atoms with E-state index in [4.69, 9.17) is 0 Å². The lowest BCUT2D eigenvalue weighted by atomic mass is 10.2. The summed E-state index contributed by atoms with van der Waals surface area (Å²) in [4.78, 5) is 0. The fourth-order valence-corrected chi connectivity index (χ4v) is 2.84. The van der Waals surface area contributed by atoms with Crippen molar-refractivity contribution < 1.29 is 4.57 Å². The Kier molecular flexibility index (Phi) is 3.57. The number of halogens is 2. The van der Waals surface area contributed by atoms with Crippen molar-refractivity contribution in [2.75, 3.05) is 0 Å². The van der Waals surface area contributed by atoms with Gasteiger partial charge in [0.05, 0.1) is 5.66 Å². The van der Waals surface area contributed by atoms with E-state index in [0.29, 0.717) is 0 Å². The number of hydrogen-bond acceptors (Lipinski definition) is 1. The van der Waals surface area contributed by atoms with Gasteiger partial charge in [-0.2, -0.15) is 0 Å². The maximum atomic E-state index is 11.5. The molecular formula is C8H9Br2OP. The Bertz CT molecular complexity index is 293. The zero-order chi connectivity index (χ0) is 9.19. The van der Waals surface area contributed by atoms with E-state index in [2.05, 4.69) is 31.0 Å². The summed E-state index contributed by atoms with van der Waals surface area (Å²) in [5.41, 5.74) is 1.09. The van der Waals surface area contributed by atoms with E-state index in [9.17, 15) is 4.57 Å². The van der Waals surface area contributed by atoms with Gasteiger partial charge in [-0.15, -0.1) is 0 Å². The van der Waals surface area contributed by atoms with E-state index in [0.717, 1.165) is 5.56 Å². The van der Waals surface area contributed by atoms with Gasteiger partial charge in [-0.3, -0.25) is 4.57 Å². The molecule has 0 radical (unpaired) electrons. The van der Waals surface area contributed by atoms with Gasteiger partial charge in [0.25, 0.3) is 0 Å². The molecule has 0 saturated carbocycles. The molecule has 1 aromatic carbocycles. The van der Waals surface area contributed by atoms with E-state index < -0.39 is 4.55 Å². The quantitative estimate of drug-likeness (QED) is 0.722.